The normalized spacial score (nSPS) is 11.5. The zero-order valence-electron chi connectivity index (χ0n) is 10.8. The number of halogens is 5. The molecule has 21 heavy (non-hydrogen) atoms. The number of ketones is 1. The smallest absolute Gasteiger partial charge is 0.289 e. The van der Waals surface area contributed by atoms with Crippen molar-refractivity contribution >= 4 is 29.0 Å². The molecule has 0 aromatic heterocycles. The highest BCUT2D eigenvalue weighted by Gasteiger charge is 2.31. The molecule has 6 heteroatoms. The SMILES string of the molecule is Cc1cc(C(F)(F)F)ccc1C(=O)c1cc(Cl)ccc1Cl. The molecular weight excluding hydrogens is 324 g/mol. The van der Waals surface area contributed by atoms with Crippen molar-refractivity contribution in [2.45, 2.75) is 13.1 Å². The Kier molecular flexibility index (Phi) is 4.30. The van der Waals surface area contributed by atoms with Gasteiger partial charge in [0.05, 0.1) is 10.6 Å². The van der Waals surface area contributed by atoms with Gasteiger partial charge in [0.15, 0.2) is 5.78 Å². The second kappa shape index (κ2) is 5.70. The lowest BCUT2D eigenvalue weighted by molar-refractivity contribution is -0.137. The molecule has 0 aliphatic carbocycles. The quantitative estimate of drug-likeness (QED) is 0.659. The summed E-state index contributed by atoms with van der Waals surface area (Å²) < 4.78 is 37.9. The summed E-state index contributed by atoms with van der Waals surface area (Å²) in [6.07, 6.45) is -4.44. The highest BCUT2D eigenvalue weighted by molar-refractivity contribution is 6.36. The maximum Gasteiger partial charge on any atom is 0.416 e. The molecule has 0 unspecified atom stereocenters. The molecular formula is C15H9Cl2F3O. The van der Waals surface area contributed by atoms with Gasteiger partial charge in [-0.25, -0.2) is 0 Å². The van der Waals surface area contributed by atoms with E-state index in [1.807, 2.05) is 0 Å². The lowest BCUT2D eigenvalue weighted by Gasteiger charge is -2.11. The fourth-order valence-electron chi connectivity index (χ4n) is 1.91. The van der Waals surface area contributed by atoms with Crippen LogP contribution in [0.15, 0.2) is 36.4 Å². The minimum Gasteiger partial charge on any atom is -0.289 e. The van der Waals surface area contributed by atoms with Crippen LogP contribution < -0.4 is 0 Å². The van der Waals surface area contributed by atoms with Gasteiger partial charge in [0, 0.05) is 16.1 Å². The molecule has 0 fully saturated rings. The van der Waals surface area contributed by atoms with Crippen molar-refractivity contribution in [2.24, 2.45) is 0 Å². The summed E-state index contributed by atoms with van der Waals surface area (Å²) >= 11 is 11.8. The van der Waals surface area contributed by atoms with E-state index < -0.39 is 17.5 Å². The van der Waals surface area contributed by atoms with Crippen LogP contribution in [-0.4, -0.2) is 5.78 Å². The number of rotatable bonds is 2. The van der Waals surface area contributed by atoms with Gasteiger partial charge in [-0.15, -0.1) is 0 Å². The highest BCUT2D eigenvalue weighted by Crippen LogP contribution is 2.31. The zero-order chi connectivity index (χ0) is 15.8. The molecule has 0 aliphatic rings. The Morgan fingerprint density at radius 3 is 2.24 bits per heavy atom. The molecule has 2 aromatic rings. The minimum atomic E-state index is -4.44. The number of carbonyl (C=O) groups is 1. The first-order valence-electron chi connectivity index (χ1n) is 5.88. The van der Waals surface area contributed by atoms with Crippen LogP contribution >= 0.6 is 23.2 Å². The average Bonchev–Trinajstić information content (AvgIpc) is 2.39. The van der Waals surface area contributed by atoms with Crippen molar-refractivity contribution in [3.05, 3.63) is 68.7 Å². The molecule has 0 heterocycles. The Balaban J connectivity index is 2.47. The first-order chi connectivity index (χ1) is 9.70. The molecule has 0 spiro atoms. The largest absolute Gasteiger partial charge is 0.416 e. The van der Waals surface area contributed by atoms with Crippen molar-refractivity contribution < 1.29 is 18.0 Å². The number of aryl methyl sites for hydroxylation is 1. The second-order valence-corrected chi connectivity index (χ2v) is 5.32. The zero-order valence-corrected chi connectivity index (χ0v) is 12.3. The Bertz CT molecular complexity index is 709. The van der Waals surface area contributed by atoms with E-state index in [-0.39, 0.29) is 21.7 Å². The van der Waals surface area contributed by atoms with Crippen LogP contribution in [0, 0.1) is 6.92 Å². The maximum absolute atomic E-state index is 12.6. The van der Waals surface area contributed by atoms with Crippen molar-refractivity contribution in [1.82, 2.24) is 0 Å². The fraction of sp³-hybridized carbons (Fsp3) is 0.133. The van der Waals surface area contributed by atoms with Crippen molar-refractivity contribution in [2.75, 3.05) is 0 Å². The lowest BCUT2D eigenvalue weighted by atomic mass is 9.97. The molecule has 0 amide bonds. The molecule has 2 rings (SSSR count). The summed E-state index contributed by atoms with van der Waals surface area (Å²) in [5.41, 5.74) is -0.251. The molecule has 0 atom stereocenters. The summed E-state index contributed by atoms with van der Waals surface area (Å²) in [5, 5.41) is 0.524. The third-order valence-electron chi connectivity index (χ3n) is 2.97. The topological polar surface area (TPSA) is 17.1 Å². The van der Waals surface area contributed by atoms with E-state index in [4.69, 9.17) is 23.2 Å². The van der Waals surface area contributed by atoms with Crippen molar-refractivity contribution in [3.63, 3.8) is 0 Å². The fourth-order valence-corrected chi connectivity index (χ4v) is 2.29. The molecule has 1 nitrogen and oxygen atoms in total. The molecule has 0 bridgehead atoms. The van der Waals surface area contributed by atoms with Gasteiger partial charge in [0.25, 0.3) is 0 Å². The Morgan fingerprint density at radius 2 is 1.67 bits per heavy atom. The third-order valence-corrected chi connectivity index (χ3v) is 3.54. The summed E-state index contributed by atoms with van der Waals surface area (Å²) in [6.45, 7) is 1.45. The Labute approximate surface area is 129 Å². The molecule has 0 saturated heterocycles. The first kappa shape index (κ1) is 15.9. The number of hydrogen-bond acceptors (Lipinski definition) is 1. The van der Waals surface area contributed by atoms with Gasteiger partial charge in [0.2, 0.25) is 0 Å². The number of carbonyl (C=O) groups excluding carboxylic acids is 1. The number of alkyl halides is 3. The predicted molar refractivity (Wildman–Crippen MR) is 76.1 cm³/mol. The summed E-state index contributed by atoms with van der Waals surface area (Å²) in [5.74, 6) is -0.464. The number of benzene rings is 2. The minimum absolute atomic E-state index is 0.159. The van der Waals surface area contributed by atoms with Crippen molar-refractivity contribution in [1.29, 1.82) is 0 Å². The van der Waals surface area contributed by atoms with Crippen LogP contribution in [0.5, 0.6) is 0 Å². The van der Waals surface area contributed by atoms with Crippen LogP contribution in [0.25, 0.3) is 0 Å². The first-order valence-corrected chi connectivity index (χ1v) is 6.63. The Morgan fingerprint density at radius 1 is 1.00 bits per heavy atom. The van der Waals surface area contributed by atoms with Gasteiger partial charge < -0.3 is 0 Å². The summed E-state index contributed by atoms with van der Waals surface area (Å²) in [7, 11) is 0. The summed E-state index contributed by atoms with van der Waals surface area (Å²) in [4.78, 5) is 12.4. The van der Waals surface area contributed by atoms with Gasteiger partial charge in [-0.3, -0.25) is 4.79 Å². The number of hydrogen-bond donors (Lipinski definition) is 0. The monoisotopic (exact) mass is 332 g/mol. The molecule has 0 radical (unpaired) electrons. The van der Waals surface area contributed by atoms with E-state index >= 15 is 0 Å². The van der Waals surface area contributed by atoms with E-state index in [9.17, 15) is 18.0 Å². The van der Waals surface area contributed by atoms with Gasteiger partial charge in [-0.05, 0) is 42.8 Å². The van der Waals surface area contributed by atoms with E-state index in [0.717, 1.165) is 18.2 Å². The van der Waals surface area contributed by atoms with Gasteiger partial charge in [-0.2, -0.15) is 13.2 Å². The van der Waals surface area contributed by atoms with E-state index in [0.29, 0.717) is 5.02 Å². The predicted octanol–water partition coefficient (Wildman–Crippen LogP) is 5.55. The van der Waals surface area contributed by atoms with Gasteiger partial charge in [0.1, 0.15) is 0 Å². The van der Waals surface area contributed by atoms with E-state index in [1.165, 1.54) is 25.1 Å². The molecule has 2 aromatic carbocycles. The van der Waals surface area contributed by atoms with Crippen LogP contribution in [0.1, 0.15) is 27.0 Å². The maximum atomic E-state index is 12.6. The van der Waals surface area contributed by atoms with Crippen molar-refractivity contribution in [3.8, 4) is 0 Å². The molecule has 0 N–H and O–H groups in total. The van der Waals surface area contributed by atoms with Crippen LogP contribution in [0.2, 0.25) is 10.0 Å². The standard InChI is InChI=1S/C15H9Cl2F3O/c1-8-6-9(15(18,19)20)2-4-11(8)14(21)12-7-10(16)3-5-13(12)17/h2-7H,1H3. The van der Waals surface area contributed by atoms with E-state index in [2.05, 4.69) is 0 Å². The van der Waals surface area contributed by atoms with Gasteiger partial charge in [-0.1, -0.05) is 29.3 Å². The van der Waals surface area contributed by atoms with Crippen LogP contribution in [0.3, 0.4) is 0 Å². The van der Waals surface area contributed by atoms with Gasteiger partial charge >= 0.3 is 6.18 Å². The van der Waals surface area contributed by atoms with Crippen LogP contribution in [0.4, 0.5) is 13.2 Å². The second-order valence-electron chi connectivity index (χ2n) is 4.48. The molecule has 0 aliphatic heterocycles. The van der Waals surface area contributed by atoms with E-state index in [1.54, 1.807) is 0 Å². The molecule has 110 valence electrons. The molecule has 0 saturated carbocycles. The summed E-state index contributed by atoms with van der Waals surface area (Å²) in [6, 6.07) is 7.35. The highest BCUT2D eigenvalue weighted by atomic mass is 35.5. The Hall–Kier alpha value is -1.52. The lowest BCUT2D eigenvalue weighted by Crippen LogP contribution is -2.09. The third kappa shape index (κ3) is 3.39. The van der Waals surface area contributed by atoms with Crippen LogP contribution in [-0.2, 0) is 6.18 Å². The average molecular weight is 333 g/mol.